The van der Waals surface area contributed by atoms with E-state index < -0.39 is 0 Å². The number of piperidine rings is 1. The minimum atomic E-state index is -0.184. The summed E-state index contributed by atoms with van der Waals surface area (Å²) in [7, 11) is 0. The Kier molecular flexibility index (Phi) is 2.36. The second-order valence-corrected chi connectivity index (χ2v) is 4.33. The van der Waals surface area contributed by atoms with Crippen molar-refractivity contribution in [1.29, 1.82) is 0 Å². The van der Waals surface area contributed by atoms with E-state index >= 15 is 0 Å². The normalized spacial score (nSPS) is 28.2. The van der Waals surface area contributed by atoms with Crippen molar-refractivity contribution in [3.63, 3.8) is 0 Å². The maximum Gasteiger partial charge on any atom is 0.123 e. The van der Waals surface area contributed by atoms with E-state index in [-0.39, 0.29) is 11.9 Å². The van der Waals surface area contributed by atoms with Crippen molar-refractivity contribution in [3.05, 3.63) is 35.6 Å². The van der Waals surface area contributed by atoms with Gasteiger partial charge in [-0.25, -0.2) is 4.39 Å². The molecule has 0 amide bonds. The molecule has 0 spiro atoms. The highest BCUT2D eigenvalue weighted by Gasteiger charge is 2.34. The third-order valence-corrected chi connectivity index (χ3v) is 3.31. The van der Waals surface area contributed by atoms with Crippen molar-refractivity contribution in [3.8, 4) is 0 Å². The van der Waals surface area contributed by atoms with Crippen LogP contribution in [-0.2, 0) is 0 Å². The smallest absolute Gasteiger partial charge is 0.123 e. The van der Waals surface area contributed by atoms with Gasteiger partial charge in [0.2, 0.25) is 0 Å². The van der Waals surface area contributed by atoms with E-state index in [1.165, 1.54) is 11.8 Å². The highest BCUT2D eigenvalue weighted by atomic mass is 19.1. The number of hydrogen-bond donors (Lipinski definition) is 2. The first kappa shape index (κ1) is 9.78. The zero-order valence-electron chi connectivity index (χ0n) is 8.91. The van der Waals surface area contributed by atoms with Gasteiger partial charge in [-0.15, -0.1) is 0 Å². The molecule has 1 aromatic carbocycles. The number of hydrazone groups is 1. The van der Waals surface area contributed by atoms with E-state index in [2.05, 4.69) is 15.8 Å². The highest BCUT2D eigenvalue weighted by molar-refractivity contribution is 5.89. The molecule has 0 radical (unpaired) electrons. The van der Waals surface area contributed by atoms with Crippen LogP contribution < -0.4 is 10.7 Å². The molecular formula is C12H14FN3. The zero-order chi connectivity index (χ0) is 11.0. The van der Waals surface area contributed by atoms with Gasteiger partial charge < -0.3 is 10.7 Å². The SMILES string of the molecule is Fc1cccc(C2NN=C3CCNCC32)c1. The third-order valence-electron chi connectivity index (χ3n) is 3.31. The molecular weight excluding hydrogens is 205 g/mol. The Morgan fingerprint density at radius 2 is 2.31 bits per heavy atom. The van der Waals surface area contributed by atoms with Crippen LogP contribution >= 0.6 is 0 Å². The fourth-order valence-electron chi connectivity index (χ4n) is 2.48. The molecule has 1 aromatic rings. The Hall–Kier alpha value is -1.42. The van der Waals surface area contributed by atoms with E-state index in [9.17, 15) is 4.39 Å². The first-order chi connectivity index (χ1) is 7.84. The molecule has 0 saturated carbocycles. The third kappa shape index (κ3) is 1.59. The maximum absolute atomic E-state index is 13.2. The summed E-state index contributed by atoms with van der Waals surface area (Å²) in [5.74, 6) is 0.187. The number of halogens is 1. The summed E-state index contributed by atoms with van der Waals surface area (Å²) in [4.78, 5) is 0. The molecule has 2 heterocycles. The Bertz CT molecular complexity index is 430. The molecule has 1 fully saturated rings. The molecule has 4 heteroatoms. The van der Waals surface area contributed by atoms with Crippen molar-refractivity contribution < 1.29 is 4.39 Å². The van der Waals surface area contributed by atoms with Gasteiger partial charge in [0.1, 0.15) is 5.82 Å². The summed E-state index contributed by atoms with van der Waals surface area (Å²) in [6.07, 6.45) is 0.990. The molecule has 0 bridgehead atoms. The molecule has 1 saturated heterocycles. The standard InChI is InChI=1S/C12H14FN3/c13-9-3-1-2-8(6-9)12-10-7-14-5-4-11(10)15-16-12/h1-3,6,10,12,14,16H,4-5,7H2. The molecule has 2 N–H and O–H groups in total. The Balaban J connectivity index is 1.87. The molecule has 2 atom stereocenters. The molecule has 2 aliphatic rings. The molecule has 0 aliphatic carbocycles. The number of hydrogen-bond acceptors (Lipinski definition) is 3. The lowest BCUT2D eigenvalue weighted by Crippen LogP contribution is -2.38. The first-order valence-electron chi connectivity index (χ1n) is 5.63. The fraction of sp³-hybridized carbons (Fsp3) is 0.417. The minimum Gasteiger partial charge on any atom is -0.316 e. The van der Waals surface area contributed by atoms with Crippen LogP contribution in [0.5, 0.6) is 0 Å². The predicted octanol–water partition coefficient (Wildman–Crippen LogP) is 1.44. The van der Waals surface area contributed by atoms with E-state index in [0.717, 1.165) is 25.1 Å². The number of rotatable bonds is 1. The number of fused-ring (bicyclic) bond motifs is 1. The summed E-state index contributed by atoms with van der Waals surface area (Å²) in [5, 5.41) is 7.71. The lowest BCUT2D eigenvalue weighted by atomic mass is 9.87. The second kappa shape index (κ2) is 3.87. The summed E-state index contributed by atoms with van der Waals surface area (Å²) in [6.45, 7) is 1.92. The van der Waals surface area contributed by atoms with Gasteiger partial charge in [0.15, 0.2) is 0 Å². The predicted molar refractivity (Wildman–Crippen MR) is 60.7 cm³/mol. The van der Waals surface area contributed by atoms with Gasteiger partial charge in [0, 0.05) is 31.1 Å². The topological polar surface area (TPSA) is 36.4 Å². The highest BCUT2D eigenvalue weighted by Crippen LogP contribution is 2.30. The van der Waals surface area contributed by atoms with Crippen LogP contribution in [0.4, 0.5) is 4.39 Å². The number of benzene rings is 1. The van der Waals surface area contributed by atoms with E-state index in [1.807, 2.05) is 6.07 Å². The first-order valence-corrected chi connectivity index (χ1v) is 5.63. The van der Waals surface area contributed by atoms with Gasteiger partial charge >= 0.3 is 0 Å². The van der Waals surface area contributed by atoms with Crippen molar-refractivity contribution in [1.82, 2.24) is 10.7 Å². The van der Waals surface area contributed by atoms with Gasteiger partial charge in [-0.3, -0.25) is 0 Å². The fourth-order valence-corrected chi connectivity index (χ4v) is 2.48. The van der Waals surface area contributed by atoms with Crippen molar-refractivity contribution in [2.24, 2.45) is 11.0 Å². The summed E-state index contributed by atoms with van der Waals surface area (Å²) >= 11 is 0. The van der Waals surface area contributed by atoms with Crippen molar-refractivity contribution in [2.75, 3.05) is 13.1 Å². The van der Waals surface area contributed by atoms with Gasteiger partial charge in [-0.1, -0.05) is 12.1 Å². The largest absolute Gasteiger partial charge is 0.316 e. The lowest BCUT2D eigenvalue weighted by Gasteiger charge is -2.25. The summed E-state index contributed by atoms with van der Waals surface area (Å²) in [6, 6.07) is 6.89. The molecule has 2 unspecified atom stereocenters. The summed E-state index contributed by atoms with van der Waals surface area (Å²) < 4.78 is 13.2. The van der Waals surface area contributed by atoms with Crippen LogP contribution in [0.15, 0.2) is 29.4 Å². The van der Waals surface area contributed by atoms with Gasteiger partial charge in [-0.2, -0.15) is 5.10 Å². The Labute approximate surface area is 93.7 Å². The molecule has 3 rings (SSSR count). The Morgan fingerprint density at radius 3 is 3.19 bits per heavy atom. The zero-order valence-corrected chi connectivity index (χ0v) is 8.91. The van der Waals surface area contributed by atoms with Crippen LogP contribution in [0.2, 0.25) is 0 Å². The van der Waals surface area contributed by atoms with Crippen LogP contribution in [0.25, 0.3) is 0 Å². The average molecular weight is 219 g/mol. The van der Waals surface area contributed by atoms with E-state index in [4.69, 9.17) is 0 Å². The van der Waals surface area contributed by atoms with Gasteiger partial charge in [0.05, 0.1) is 6.04 Å². The molecule has 16 heavy (non-hydrogen) atoms. The lowest BCUT2D eigenvalue weighted by molar-refractivity contribution is 0.449. The second-order valence-electron chi connectivity index (χ2n) is 4.33. The quantitative estimate of drug-likeness (QED) is 0.749. The van der Waals surface area contributed by atoms with Crippen molar-refractivity contribution in [2.45, 2.75) is 12.5 Å². The monoisotopic (exact) mass is 219 g/mol. The van der Waals surface area contributed by atoms with E-state index in [1.54, 1.807) is 12.1 Å². The van der Waals surface area contributed by atoms with Gasteiger partial charge in [-0.05, 0) is 17.7 Å². The van der Waals surface area contributed by atoms with E-state index in [0.29, 0.717) is 5.92 Å². The molecule has 3 nitrogen and oxygen atoms in total. The molecule has 84 valence electrons. The van der Waals surface area contributed by atoms with Crippen molar-refractivity contribution >= 4 is 5.71 Å². The molecule has 0 aromatic heterocycles. The minimum absolute atomic E-state index is 0.124. The van der Waals surface area contributed by atoms with Crippen LogP contribution in [0.1, 0.15) is 18.0 Å². The Morgan fingerprint density at radius 1 is 1.38 bits per heavy atom. The van der Waals surface area contributed by atoms with Crippen LogP contribution in [0, 0.1) is 11.7 Å². The average Bonchev–Trinajstić information content (AvgIpc) is 2.72. The van der Waals surface area contributed by atoms with Crippen LogP contribution in [0.3, 0.4) is 0 Å². The number of nitrogens with one attached hydrogen (secondary N) is 2. The maximum atomic E-state index is 13.2. The number of nitrogens with zero attached hydrogens (tertiary/aromatic N) is 1. The summed E-state index contributed by atoms with van der Waals surface area (Å²) in [5.41, 5.74) is 5.32. The van der Waals surface area contributed by atoms with Gasteiger partial charge in [0.25, 0.3) is 0 Å². The van der Waals surface area contributed by atoms with Crippen LogP contribution in [-0.4, -0.2) is 18.8 Å². The molecule has 2 aliphatic heterocycles.